The minimum Gasteiger partial charge on any atom is -0.392 e. The summed E-state index contributed by atoms with van der Waals surface area (Å²) in [6.07, 6.45) is 0. The van der Waals surface area contributed by atoms with E-state index in [1.165, 1.54) is 6.07 Å². The van der Waals surface area contributed by atoms with E-state index >= 15 is 0 Å². The summed E-state index contributed by atoms with van der Waals surface area (Å²) in [6, 6.07) is 4.61. The number of benzene rings is 1. The van der Waals surface area contributed by atoms with Gasteiger partial charge in [0.2, 0.25) is 0 Å². The largest absolute Gasteiger partial charge is 0.392 e. The van der Waals surface area contributed by atoms with Gasteiger partial charge >= 0.3 is 0 Å². The predicted molar refractivity (Wildman–Crippen MR) is 49.8 cm³/mol. The first-order chi connectivity index (χ1) is 6.19. The van der Waals surface area contributed by atoms with Crippen LogP contribution in [0.1, 0.15) is 24.1 Å². The van der Waals surface area contributed by atoms with Crippen LogP contribution in [-0.4, -0.2) is 12.2 Å². The molecule has 1 atom stereocenters. The maximum atomic E-state index is 13.2. The van der Waals surface area contributed by atoms with Crippen molar-refractivity contribution in [1.82, 2.24) is 5.32 Å². The monoisotopic (exact) mass is 183 g/mol. The zero-order valence-electron chi connectivity index (χ0n) is 7.84. The number of aliphatic hydroxyl groups excluding tert-OH is 1. The Morgan fingerprint density at radius 2 is 2.23 bits per heavy atom. The average Bonchev–Trinajstić information content (AvgIpc) is 2.17. The van der Waals surface area contributed by atoms with Crippen LogP contribution in [-0.2, 0) is 6.61 Å². The summed E-state index contributed by atoms with van der Waals surface area (Å²) in [5.74, 6) is -0.237. The maximum absolute atomic E-state index is 13.2. The van der Waals surface area contributed by atoms with Gasteiger partial charge in [-0.1, -0.05) is 6.07 Å². The first kappa shape index (κ1) is 10.2. The number of hydrogen-bond donors (Lipinski definition) is 2. The molecular formula is C10H14FNO. The lowest BCUT2D eigenvalue weighted by Gasteiger charge is -2.12. The Kier molecular flexibility index (Phi) is 3.39. The zero-order valence-corrected chi connectivity index (χ0v) is 7.84. The molecule has 1 aromatic rings. The topological polar surface area (TPSA) is 32.3 Å². The molecule has 13 heavy (non-hydrogen) atoms. The van der Waals surface area contributed by atoms with Crippen molar-refractivity contribution >= 4 is 0 Å². The van der Waals surface area contributed by atoms with E-state index < -0.39 is 0 Å². The lowest BCUT2D eigenvalue weighted by Crippen LogP contribution is -2.14. The van der Waals surface area contributed by atoms with Gasteiger partial charge in [0.25, 0.3) is 0 Å². The average molecular weight is 183 g/mol. The first-order valence-electron chi connectivity index (χ1n) is 4.25. The molecule has 0 fully saturated rings. The quantitative estimate of drug-likeness (QED) is 0.746. The first-order valence-corrected chi connectivity index (χ1v) is 4.25. The third-order valence-corrected chi connectivity index (χ3v) is 2.14. The molecule has 0 aromatic heterocycles. The van der Waals surface area contributed by atoms with E-state index in [2.05, 4.69) is 5.32 Å². The molecule has 0 spiro atoms. The molecule has 0 aliphatic heterocycles. The van der Waals surface area contributed by atoms with Crippen LogP contribution in [0.4, 0.5) is 4.39 Å². The van der Waals surface area contributed by atoms with Gasteiger partial charge in [0.15, 0.2) is 0 Å². The summed E-state index contributed by atoms with van der Waals surface area (Å²) >= 11 is 0. The molecule has 1 unspecified atom stereocenters. The molecule has 0 saturated carbocycles. The normalized spacial score (nSPS) is 12.9. The summed E-state index contributed by atoms with van der Waals surface area (Å²) in [7, 11) is 1.77. The molecule has 0 saturated heterocycles. The van der Waals surface area contributed by atoms with E-state index in [1.54, 1.807) is 19.2 Å². The van der Waals surface area contributed by atoms with Crippen molar-refractivity contribution in [2.45, 2.75) is 19.6 Å². The molecule has 2 nitrogen and oxygen atoms in total. The highest BCUT2D eigenvalue weighted by Crippen LogP contribution is 2.17. The van der Waals surface area contributed by atoms with Gasteiger partial charge in [-0.25, -0.2) is 4.39 Å². The number of nitrogens with one attached hydrogen (secondary N) is 1. The van der Waals surface area contributed by atoms with Crippen molar-refractivity contribution in [3.05, 3.63) is 35.1 Å². The van der Waals surface area contributed by atoms with E-state index in [0.29, 0.717) is 5.56 Å². The van der Waals surface area contributed by atoms with Crippen molar-refractivity contribution < 1.29 is 9.50 Å². The van der Waals surface area contributed by atoms with E-state index in [9.17, 15) is 4.39 Å². The SMILES string of the molecule is CNC(C)c1cc(CO)ccc1F. The lowest BCUT2D eigenvalue weighted by molar-refractivity contribution is 0.281. The van der Waals surface area contributed by atoms with Crippen molar-refractivity contribution in [2.24, 2.45) is 0 Å². The second-order valence-corrected chi connectivity index (χ2v) is 3.02. The predicted octanol–water partition coefficient (Wildman–Crippen LogP) is 1.60. The molecule has 3 heteroatoms. The van der Waals surface area contributed by atoms with Gasteiger partial charge in [-0.3, -0.25) is 0 Å². The Morgan fingerprint density at radius 3 is 2.77 bits per heavy atom. The third kappa shape index (κ3) is 2.26. The van der Waals surface area contributed by atoms with Crippen molar-refractivity contribution in [3.8, 4) is 0 Å². The Labute approximate surface area is 77.4 Å². The standard InChI is InChI=1S/C10H14FNO/c1-7(12-2)9-5-8(6-13)3-4-10(9)11/h3-5,7,12-13H,6H2,1-2H3. The number of aliphatic hydroxyl groups is 1. The fraction of sp³-hybridized carbons (Fsp3) is 0.400. The van der Waals surface area contributed by atoms with Gasteiger partial charge in [-0.05, 0) is 31.7 Å². The van der Waals surface area contributed by atoms with Crippen molar-refractivity contribution in [1.29, 1.82) is 0 Å². The molecule has 0 heterocycles. The maximum Gasteiger partial charge on any atom is 0.127 e. The van der Waals surface area contributed by atoms with Crippen LogP contribution in [0.15, 0.2) is 18.2 Å². The second-order valence-electron chi connectivity index (χ2n) is 3.02. The van der Waals surface area contributed by atoms with E-state index in [4.69, 9.17) is 5.11 Å². The van der Waals surface area contributed by atoms with Gasteiger partial charge in [-0.2, -0.15) is 0 Å². The van der Waals surface area contributed by atoms with E-state index in [1.807, 2.05) is 6.92 Å². The smallest absolute Gasteiger partial charge is 0.127 e. The molecule has 2 N–H and O–H groups in total. The highest BCUT2D eigenvalue weighted by atomic mass is 19.1. The van der Waals surface area contributed by atoms with Crippen LogP contribution >= 0.6 is 0 Å². The molecular weight excluding hydrogens is 169 g/mol. The number of hydrogen-bond acceptors (Lipinski definition) is 2. The second kappa shape index (κ2) is 4.35. The minimum atomic E-state index is -0.237. The molecule has 1 rings (SSSR count). The Hall–Kier alpha value is -0.930. The van der Waals surface area contributed by atoms with Gasteiger partial charge < -0.3 is 10.4 Å². The number of halogens is 1. The van der Waals surface area contributed by atoms with Crippen molar-refractivity contribution in [3.63, 3.8) is 0 Å². The van der Waals surface area contributed by atoms with E-state index in [0.717, 1.165) is 5.56 Å². The van der Waals surface area contributed by atoms with Gasteiger partial charge in [-0.15, -0.1) is 0 Å². The Bertz CT molecular complexity index is 288. The summed E-state index contributed by atoms with van der Waals surface area (Å²) in [4.78, 5) is 0. The third-order valence-electron chi connectivity index (χ3n) is 2.14. The van der Waals surface area contributed by atoms with Crippen LogP contribution < -0.4 is 5.32 Å². The van der Waals surface area contributed by atoms with Crippen molar-refractivity contribution in [2.75, 3.05) is 7.05 Å². The lowest BCUT2D eigenvalue weighted by atomic mass is 10.0. The van der Waals surface area contributed by atoms with Crippen LogP contribution in [0.2, 0.25) is 0 Å². The Balaban J connectivity index is 3.03. The fourth-order valence-corrected chi connectivity index (χ4v) is 1.18. The molecule has 1 aromatic carbocycles. The van der Waals surface area contributed by atoms with E-state index in [-0.39, 0.29) is 18.5 Å². The van der Waals surface area contributed by atoms with Crippen LogP contribution in [0.25, 0.3) is 0 Å². The highest BCUT2D eigenvalue weighted by Gasteiger charge is 2.08. The summed E-state index contributed by atoms with van der Waals surface area (Å²) in [5, 5.41) is 11.8. The van der Waals surface area contributed by atoms with Crippen LogP contribution in [0.3, 0.4) is 0 Å². The summed E-state index contributed by atoms with van der Waals surface area (Å²) in [6.45, 7) is 1.82. The molecule has 72 valence electrons. The Morgan fingerprint density at radius 1 is 1.54 bits per heavy atom. The summed E-state index contributed by atoms with van der Waals surface area (Å²) in [5.41, 5.74) is 1.33. The number of rotatable bonds is 3. The molecule has 0 aliphatic carbocycles. The van der Waals surface area contributed by atoms with Crippen LogP contribution in [0, 0.1) is 5.82 Å². The van der Waals surface area contributed by atoms with Crippen LogP contribution in [0.5, 0.6) is 0 Å². The van der Waals surface area contributed by atoms with Gasteiger partial charge in [0.1, 0.15) is 5.82 Å². The van der Waals surface area contributed by atoms with Gasteiger partial charge in [0.05, 0.1) is 6.61 Å². The zero-order chi connectivity index (χ0) is 9.84. The minimum absolute atomic E-state index is 0.0356. The molecule has 0 bridgehead atoms. The molecule has 0 amide bonds. The molecule has 0 radical (unpaired) electrons. The summed E-state index contributed by atoms with van der Waals surface area (Å²) < 4.78 is 13.2. The molecule has 0 aliphatic rings. The highest BCUT2D eigenvalue weighted by molar-refractivity contribution is 5.26. The fourth-order valence-electron chi connectivity index (χ4n) is 1.18. The van der Waals surface area contributed by atoms with Gasteiger partial charge in [0, 0.05) is 11.6 Å².